The molecule has 0 aliphatic heterocycles. The zero-order valence-electron chi connectivity index (χ0n) is 13.6. The Morgan fingerprint density at radius 1 is 1.25 bits per heavy atom. The molecule has 0 radical (unpaired) electrons. The van der Waals surface area contributed by atoms with Gasteiger partial charge in [0.2, 0.25) is 0 Å². The first-order chi connectivity index (χ1) is 11.8. The lowest BCUT2D eigenvalue weighted by Gasteiger charge is -2.12. The molecule has 0 saturated heterocycles. The molecule has 0 unspecified atom stereocenters. The Labute approximate surface area is 141 Å². The van der Waals surface area contributed by atoms with Gasteiger partial charge in [0.15, 0.2) is 0 Å². The molecular formula is C18H22N4O2. The molecule has 0 atom stereocenters. The fourth-order valence-corrected chi connectivity index (χ4v) is 2.69. The van der Waals surface area contributed by atoms with Crippen molar-refractivity contribution in [2.75, 3.05) is 11.9 Å². The molecule has 2 aromatic rings. The number of nitrogens with one attached hydrogen (secondary N) is 2. The van der Waals surface area contributed by atoms with E-state index in [9.17, 15) is 4.79 Å². The number of amides is 1. The van der Waals surface area contributed by atoms with E-state index in [1.165, 1.54) is 31.0 Å². The first-order valence-corrected chi connectivity index (χ1v) is 8.35. The number of allylic oxidation sites excluding steroid dienone is 1. The van der Waals surface area contributed by atoms with E-state index in [1.807, 2.05) is 12.1 Å². The predicted molar refractivity (Wildman–Crippen MR) is 91.6 cm³/mol. The molecule has 0 saturated carbocycles. The highest BCUT2D eigenvalue weighted by molar-refractivity contribution is 5.91. The van der Waals surface area contributed by atoms with Gasteiger partial charge in [-0.3, -0.25) is 4.79 Å². The van der Waals surface area contributed by atoms with Crippen LogP contribution in [0.3, 0.4) is 0 Å². The van der Waals surface area contributed by atoms with E-state index in [0.29, 0.717) is 24.6 Å². The zero-order valence-corrected chi connectivity index (χ0v) is 13.6. The van der Waals surface area contributed by atoms with Crippen molar-refractivity contribution in [3.05, 3.63) is 53.9 Å². The number of carbonyl (C=O) groups excluding carboxylic acids is 1. The maximum atomic E-state index is 12.1. The van der Waals surface area contributed by atoms with Gasteiger partial charge in [0.1, 0.15) is 17.3 Å². The highest BCUT2D eigenvalue weighted by Gasteiger charge is 2.09. The molecule has 0 bridgehead atoms. The highest BCUT2D eigenvalue weighted by Crippen LogP contribution is 2.19. The largest absolute Gasteiger partial charge is 0.467 e. The van der Waals surface area contributed by atoms with Gasteiger partial charge in [-0.2, -0.15) is 0 Å². The minimum absolute atomic E-state index is 0.184. The van der Waals surface area contributed by atoms with Crippen LogP contribution >= 0.6 is 0 Å². The molecule has 0 spiro atoms. The molecule has 2 heterocycles. The summed E-state index contributed by atoms with van der Waals surface area (Å²) in [6.07, 6.45) is 12.8. The van der Waals surface area contributed by atoms with Crippen LogP contribution < -0.4 is 10.6 Å². The van der Waals surface area contributed by atoms with Crippen molar-refractivity contribution < 1.29 is 9.21 Å². The fraction of sp³-hybridized carbons (Fsp3) is 0.389. The topological polar surface area (TPSA) is 80.0 Å². The standard InChI is InChI=1S/C18H22N4O2/c23-18(19-9-8-14-5-2-1-3-6-14)16-12-22-17(13-20-16)21-11-15-7-4-10-24-15/h4-5,7,10,12-13H,1-3,6,8-9,11H2,(H,19,23)(H,21,22). The lowest BCUT2D eigenvalue weighted by atomic mass is 9.97. The molecule has 0 aromatic carbocycles. The van der Waals surface area contributed by atoms with Crippen LogP contribution in [0.25, 0.3) is 0 Å². The summed E-state index contributed by atoms with van der Waals surface area (Å²) < 4.78 is 5.23. The van der Waals surface area contributed by atoms with Crippen LogP contribution in [0.15, 0.2) is 46.9 Å². The van der Waals surface area contributed by atoms with Crippen molar-refractivity contribution in [1.29, 1.82) is 0 Å². The van der Waals surface area contributed by atoms with E-state index >= 15 is 0 Å². The zero-order chi connectivity index (χ0) is 16.6. The number of furan rings is 1. The Morgan fingerprint density at radius 3 is 2.92 bits per heavy atom. The first-order valence-electron chi connectivity index (χ1n) is 8.35. The van der Waals surface area contributed by atoms with Gasteiger partial charge in [-0.05, 0) is 44.2 Å². The molecule has 2 N–H and O–H groups in total. The van der Waals surface area contributed by atoms with E-state index in [0.717, 1.165) is 18.6 Å². The molecule has 3 rings (SSSR count). The maximum Gasteiger partial charge on any atom is 0.271 e. The van der Waals surface area contributed by atoms with Crippen LogP contribution in [-0.2, 0) is 6.54 Å². The smallest absolute Gasteiger partial charge is 0.271 e. The van der Waals surface area contributed by atoms with Crippen LogP contribution in [0.1, 0.15) is 48.4 Å². The number of aromatic nitrogens is 2. The number of nitrogens with zero attached hydrogens (tertiary/aromatic N) is 2. The van der Waals surface area contributed by atoms with Gasteiger partial charge in [0.05, 0.1) is 25.2 Å². The second-order valence-corrected chi connectivity index (χ2v) is 5.83. The van der Waals surface area contributed by atoms with E-state index < -0.39 is 0 Å². The highest BCUT2D eigenvalue weighted by atomic mass is 16.3. The van der Waals surface area contributed by atoms with Crippen LogP contribution in [0, 0.1) is 0 Å². The molecule has 1 aliphatic rings. The SMILES string of the molecule is O=C(NCCC1=CCCCC1)c1cnc(NCc2ccco2)cn1. The number of anilines is 1. The van der Waals surface area contributed by atoms with Crippen molar-refractivity contribution in [2.45, 2.75) is 38.6 Å². The summed E-state index contributed by atoms with van der Waals surface area (Å²) in [7, 11) is 0. The minimum atomic E-state index is -0.184. The van der Waals surface area contributed by atoms with Crippen LogP contribution in [0.4, 0.5) is 5.82 Å². The fourth-order valence-electron chi connectivity index (χ4n) is 2.69. The van der Waals surface area contributed by atoms with E-state index in [2.05, 4.69) is 26.7 Å². The summed E-state index contributed by atoms with van der Waals surface area (Å²) in [5.74, 6) is 1.24. The molecule has 6 heteroatoms. The number of carbonyl (C=O) groups is 1. The molecular weight excluding hydrogens is 304 g/mol. The van der Waals surface area contributed by atoms with E-state index in [-0.39, 0.29) is 5.91 Å². The van der Waals surface area contributed by atoms with Gasteiger partial charge in [0, 0.05) is 6.54 Å². The molecule has 126 valence electrons. The quantitative estimate of drug-likeness (QED) is 0.763. The lowest BCUT2D eigenvalue weighted by molar-refractivity contribution is 0.0948. The second kappa shape index (κ2) is 8.29. The predicted octanol–water partition coefficient (Wildman–Crippen LogP) is 3.30. The minimum Gasteiger partial charge on any atom is -0.467 e. The van der Waals surface area contributed by atoms with Crippen LogP contribution in [0.2, 0.25) is 0 Å². The molecule has 0 fully saturated rings. The normalized spacial score (nSPS) is 14.1. The summed E-state index contributed by atoms with van der Waals surface area (Å²) >= 11 is 0. The average molecular weight is 326 g/mol. The van der Waals surface area contributed by atoms with Crippen molar-refractivity contribution in [2.24, 2.45) is 0 Å². The molecule has 2 aromatic heterocycles. The third kappa shape index (κ3) is 4.68. The third-order valence-electron chi connectivity index (χ3n) is 4.03. The van der Waals surface area contributed by atoms with Gasteiger partial charge >= 0.3 is 0 Å². The van der Waals surface area contributed by atoms with Crippen molar-refractivity contribution in [1.82, 2.24) is 15.3 Å². The lowest BCUT2D eigenvalue weighted by Crippen LogP contribution is -2.26. The second-order valence-electron chi connectivity index (χ2n) is 5.83. The molecule has 6 nitrogen and oxygen atoms in total. The Bertz CT molecular complexity index is 678. The van der Waals surface area contributed by atoms with Gasteiger partial charge in [-0.1, -0.05) is 11.6 Å². The first kappa shape index (κ1) is 16.2. The summed E-state index contributed by atoms with van der Waals surface area (Å²) in [5.41, 5.74) is 1.78. The van der Waals surface area contributed by atoms with Gasteiger partial charge in [-0.25, -0.2) is 9.97 Å². The third-order valence-corrected chi connectivity index (χ3v) is 4.03. The molecule has 1 amide bonds. The Morgan fingerprint density at radius 2 is 2.21 bits per heavy atom. The summed E-state index contributed by atoms with van der Waals surface area (Å²) in [5, 5.41) is 6.00. The number of hydrogen-bond acceptors (Lipinski definition) is 5. The summed E-state index contributed by atoms with van der Waals surface area (Å²) in [6.45, 7) is 1.17. The average Bonchev–Trinajstić information content (AvgIpc) is 3.15. The Kier molecular flexibility index (Phi) is 5.61. The monoisotopic (exact) mass is 326 g/mol. The Balaban J connectivity index is 1.44. The van der Waals surface area contributed by atoms with Crippen molar-refractivity contribution in [3.8, 4) is 0 Å². The van der Waals surface area contributed by atoms with Gasteiger partial charge in [0.25, 0.3) is 5.91 Å². The van der Waals surface area contributed by atoms with Gasteiger partial charge < -0.3 is 15.1 Å². The molecule has 24 heavy (non-hydrogen) atoms. The maximum absolute atomic E-state index is 12.1. The summed E-state index contributed by atoms with van der Waals surface area (Å²) in [6, 6.07) is 3.71. The van der Waals surface area contributed by atoms with Gasteiger partial charge in [-0.15, -0.1) is 0 Å². The summed E-state index contributed by atoms with van der Waals surface area (Å²) in [4.78, 5) is 20.4. The Hall–Kier alpha value is -2.63. The van der Waals surface area contributed by atoms with E-state index in [4.69, 9.17) is 4.42 Å². The van der Waals surface area contributed by atoms with Crippen molar-refractivity contribution in [3.63, 3.8) is 0 Å². The van der Waals surface area contributed by atoms with Crippen LogP contribution in [-0.4, -0.2) is 22.4 Å². The molecule has 1 aliphatic carbocycles. The van der Waals surface area contributed by atoms with Crippen molar-refractivity contribution >= 4 is 11.7 Å². The van der Waals surface area contributed by atoms with E-state index in [1.54, 1.807) is 12.5 Å². The number of rotatable bonds is 7. The number of hydrogen-bond donors (Lipinski definition) is 2. The van der Waals surface area contributed by atoms with Crippen LogP contribution in [0.5, 0.6) is 0 Å².